The van der Waals surface area contributed by atoms with E-state index in [1.165, 1.54) is 25.2 Å². The molecule has 0 saturated heterocycles. The Morgan fingerprint density at radius 2 is 2.18 bits per heavy atom. The summed E-state index contributed by atoms with van der Waals surface area (Å²) < 4.78 is 5.25. The molecule has 0 aliphatic carbocycles. The quantitative estimate of drug-likeness (QED) is 0.648. The van der Waals surface area contributed by atoms with Crippen LogP contribution in [-0.4, -0.2) is 30.6 Å². The summed E-state index contributed by atoms with van der Waals surface area (Å²) >= 11 is 0. The van der Waals surface area contributed by atoms with Crippen LogP contribution < -0.4 is 15.8 Å². The van der Waals surface area contributed by atoms with Crippen molar-refractivity contribution in [1.29, 1.82) is 0 Å². The van der Waals surface area contributed by atoms with Gasteiger partial charge in [0.15, 0.2) is 0 Å². The number of nitrogens with one attached hydrogen (secondary N) is 1. The summed E-state index contributed by atoms with van der Waals surface area (Å²) in [7, 11) is 1.53. The van der Waals surface area contributed by atoms with Crippen molar-refractivity contribution < 1.29 is 19.4 Å². The van der Waals surface area contributed by atoms with Crippen molar-refractivity contribution in [2.75, 3.05) is 19.4 Å². The molecule has 0 aromatic heterocycles. The van der Waals surface area contributed by atoms with Gasteiger partial charge in [0.1, 0.15) is 5.75 Å². The fourth-order valence-electron chi connectivity index (χ4n) is 1.17. The smallest absolute Gasteiger partial charge is 0.335 e. The van der Waals surface area contributed by atoms with Crippen LogP contribution in [0.1, 0.15) is 16.8 Å². The molecule has 92 valence electrons. The highest BCUT2D eigenvalue weighted by atomic mass is 16.5. The number of amides is 1. The molecule has 0 radical (unpaired) electrons. The number of nitrogens with two attached hydrogens (primary N) is 1. The Labute approximate surface area is 98.4 Å². The molecule has 0 atom stereocenters. The van der Waals surface area contributed by atoms with Gasteiger partial charge in [0.05, 0.1) is 24.3 Å². The second-order valence-electron chi connectivity index (χ2n) is 3.33. The van der Waals surface area contributed by atoms with Crippen molar-refractivity contribution in [2.45, 2.75) is 6.42 Å². The first-order valence-corrected chi connectivity index (χ1v) is 5.00. The fourth-order valence-corrected chi connectivity index (χ4v) is 1.17. The Kier molecular flexibility index (Phi) is 4.33. The number of hydrogen-bond acceptors (Lipinski definition) is 4. The Bertz CT molecular complexity index is 431. The molecule has 1 aromatic rings. The summed E-state index contributed by atoms with van der Waals surface area (Å²) in [6, 6.07) is 4.18. The maximum absolute atomic E-state index is 10.9. The van der Waals surface area contributed by atoms with Crippen LogP contribution in [0.15, 0.2) is 18.2 Å². The van der Waals surface area contributed by atoms with Crippen LogP contribution in [0.4, 0.5) is 5.69 Å². The topological polar surface area (TPSA) is 102 Å². The van der Waals surface area contributed by atoms with Gasteiger partial charge in [-0.2, -0.15) is 0 Å². The Morgan fingerprint density at radius 3 is 2.76 bits per heavy atom. The second-order valence-corrected chi connectivity index (χ2v) is 3.33. The molecule has 6 heteroatoms. The lowest BCUT2D eigenvalue weighted by Gasteiger charge is -2.09. The Balaban J connectivity index is 2.66. The van der Waals surface area contributed by atoms with E-state index < -0.39 is 5.97 Å². The van der Waals surface area contributed by atoms with E-state index >= 15 is 0 Å². The molecule has 0 unspecified atom stereocenters. The van der Waals surface area contributed by atoms with Crippen LogP contribution in [0.25, 0.3) is 0 Å². The van der Waals surface area contributed by atoms with Crippen molar-refractivity contribution in [3.63, 3.8) is 0 Å². The van der Waals surface area contributed by atoms with Gasteiger partial charge in [-0.05, 0) is 18.2 Å². The number of carboxylic acids is 1. The lowest BCUT2D eigenvalue weighted by atomic mass is 10.2. The van der Waals surface area contributed by atoms with E-state index in [1.807, 2.05) is 0 Å². The molecule has 6 nitrogen and oxygen atoms in total. The van der Waals surface area contributed by atoms with E-state index in [1.54, 1.807) is 0 Å². The fraction of sp³-hybridized carbons (Fsp3) is 0.273. The molecule has 0 spiro atoms. The highest BCUT2D eigenvalue weighted by Crippen LogP contribution is 2.22. The molecular weight excluding hydrogens is 224 g/mol. The number of aromatic carboxylic acids is 1. The summed E-state index contributed by atoms with van der Waals surface area (Å²) in [5.74, 6) is -0.937. The lowest BCUT2D eigenvalue weighted by Crippen LogP contribution is -2.20. The number of anilines is 1. The number of benzene rings is 1. The van der Waals surface area contributed by atoms with Crippen LogP contribution in [-0.2, 0) is 4.79 Å². The predicted octanol–water partition coefficient (Wildman–Crippen LogP) is 0.482. The van der Waals surface area contributed by atoms with Crippen molar-refractivity contribution in [1.82, 2.24) is 5.32 Å². The van der Waals surface area contributed by atoms with E-state index in [9.17, 15) is 9.59 Å². The number of carbonyl (C=O) groups excluding carboxylic acids is 1. The zero-order valence-corrected chi connectivity index (χ0v) is 9.40. The highest BCUT2D eigenvalue weighted by molar-refractivity contribution is 5.89. The van der Waals surface area contributed by atoms with Crippen molar-refractivity contribution >= 4 is 17.6 Å². The van der Waals surface area contributed by atoms with Gasteiger partial charge in [0.2, 0.25) is 5.91 Å². The number of carbonyl (C=O) groups is 2. The van der Waals surface area contributed by atoms with Crippen LogP contribution in [0.5, 0.6) is 5.75 Å². The number of hydrogen-bond donors (Lipinski definition) is 3. The van der Waals surface area contributed by atoms with E-state index in [0.717, 1.165) is 0 Å². The lowest BCUT2D eigenvalue weighted by molar-refractivity contribution is -0.121. The largest absolute Gasteiger partial charge is 0.491 e. The monoisotopic (exact) mass is 238 g/mol. The summed E-state index contributed by atoms with van der Waals surface area (Å²) in [6.45, 7) is 0.146. The van der Waals surface area contributed by atoms with E-state index in [-0.39, 0.29) is 30.2 Å². The number of carboxylic acid groups (broad SMARTS) is 1. The van der Waals surface area contributed by atoms with Gasteiger partial charge in [-0.25, -0.2) is 4.79 Å². The molecule has 0 heterocycles. The summed E-state index contributed by atoms with van der Waals surface area (Å²) in [4.78, 5) is 21.7. The number of ether oxygens (including phenoxy) is 1. The third-order valence-corrected chi connectivity index (χ3v) is 2.13. The number of nitrogen functional groups attached to an aromatic ring is 1. The molecule has 0 fully saturated rings. The highest BCUT2D eigenvalue weighted by Gasteiger charge is 2.08. The molecule has 4 N–H and O–H groups in total. The predicted molar refractivity (Wildman–Crippen MR) is 62.0 cm³/mol. The molecule has 0 aliphatic heterocycles. The minimum atomic E-state index is -1.05. The van der Waals surface area contributed by atoms with Gasteiger partial charge in [0.25, 0.3) is 0 Å². The first-order chi connectivity index (χ1) is 8.04. The zero-order valence-electron chi connectivity index (χ0n) is 9.40. The normalized spacial score (nSPS) is 9.71. The first kappa shape index (κ1) is 12.8. The van der Waals surface area contributed by atoms with Crippen molar-refractivity contribution in [3.8, 4) is 5.75 Å². The molecule has 1 aromatic carbocycles. The third kappa shape index (κ3) is 3.67. The molecular formula is C11H14N2O4. The van der Waals surface area contributed by atoms with Gasteiger partial charge in [0, 0.05) is 7.05 Å². The molecule has 17 heavy (non-hydrogen) atoms. The molecule has 1 amide bonds. The summed E-state index contributed by atoms with van der Waals surface area (Å²) in [6.07, 6.45) is 0.188. The van der Waals surface area contributed by atoms with Crippen molar-refractivity contribution in [2.24, 2.45) is 0 Å². The van der Waals surface area contributed by atoms with Crippen molar-refractivity contribution in [3.05, 3.63) is 23.8 Å². The van der Waals surface area contributed by atoms with E-state index in [2.05, 4.69) is 5.32 Å². The van der Waals surface area contributed by atoms with Crippen LogP contribution >= 0.6 is 0 Å². The van der Waals surface area contributed by atoms with Gasteiger partial charge in [-0.1, -0.05) is 0 Å². The van der Waals surface area contributed by atoms with Gasteiger partial charge in [-0.3, -0.25) is 4.79 Å². The molecule has 0 aliphatic rings. The average Bonchev–Trinajstić information content (AvgIpc) is 2.30. The molecule has 0 saturated carbocycles. The number of rotatable bonds is 5. The third-order valence-electron chi connectivity index (χ3n) is 2.13. The minimum Gasteiger partial charge on any atom is -0.491 e. The second kappa shape index (κ2) is 5.74. The van der Waals surface area contributed by atoms with Crippen LogP contribution in [0, 0.1) is 0 Å². The molecule has 0 bridgehead atoms. The van der Waals surface area contributed by atoms with Gasteiger partial charge >= 0.3 is 5.97 Å². The summed E-state index contributed by atoms with van der Waals surface area (Å²) in [5.41, 5.74) is 6.05. The maximum Gasteiger partial charge on any atom is 0.335 e. The van der Waals surface area contributed by atoms with E-state index in [4.69, 9.17) is 15.6 Å². The van der Waals surface area contributed by atoms with Gasteiger partial charge in [-0.15, -0.1) is 0 Å². The average molecular weight is 238 g/mol. The zero-order chi connectivity index (χ0) is 12.8. The van der Waals surface area contributed by atoms with Crippen LogP contribution in [0.2, 0.25) is 0 Å². The Hall–Kier alpha value is -2.24. The van der Waals surface area contributed by atoms with Gasteiger partial charge < -0.3 is 20.9 Å². The van der Waals surface area contributed by atoms with Crippen LogP contribution in [0.3, 0.4) is 0 Å². The first-order valence-electron chi connectivity index (χ1n) is 5.00. The maximum atomic E-state index is 10.9. The Morgan fingerprint density at radius 1 is 1.47 bits per heavy atom. The standard InChI is InChI=1S/C11H14N2O4/c1-13-10(14)4-5-17-9-6-7(11(15)16)2-3-8(9)12/h2-3,6H,4-5,12H2,1H3,(H,13,14)(H,15,16). The van der Waals surface area contributed by atoms with E-state index in [0.29, 0.717) is 5.69 Å². The SMILES string of the molecule is CNC(=O)CCOc1cc(C(=O)O)ccc1N. The minimum absolute atomic E-state index is 0.0918. The molecule has 1 rings (SSSR count). The summed E-state index contributed by atoms with van der Waals surface area (Å²) in [5, 5.41) is 11.2.